The first-order chi connectivity index (χ1) is 9.10. The van der Waals surface area contributed by atoms with E-state index >= 15 is 0 Å². The van der Waals surface area contributed by atoms with Crippen molar-refractivity contribution in [2.75, 3.05) is 25.1 Å². The summed E-state index contributed by atoms with van der Waals surface area (Å²) in [5, 5.41) is 12.2. The monoisotopic (exact) mass is 264 g/mol. The molecule has 1 aliphatic heterocycles. The van der Waals surface area contributed by atoms with E-state index < -0.39 is 5.97 Å². The van der Waals surface area contributed by atoms with Crippen LogP contribution >= 0.6 is 0 Å². The second-order valence-electron chi connectivity index (χ2n) is 4.94. The smallest absolute Gasteiger partial charge is 0.304 e. The number of nitrogens with one attached hydrogen (secondary N) is 1. The van der Waals surface area contributed by atoms with E-state index in [1.165, 1.54) is 0 Å². The average molecular weight is 264 g/mol. The third-order valence-corrected chi connectivity index (χ3v) is 3.30. The van der Waals surface area contributed by atoms with Crippen LogP contribution in [0.4, 0.5) is 5.69 Å². The second-order valence-corrected chi connectivity index (χ2v) is 4.94. The van der Waals surface area contributed by atoms with Gasteiger partial charge < -0.3 is 20.1 Å². The molecule has 1 saturated heterocycles. The van der Waals surface area contributed by atoms with E-state index in [4.69, 9.17) is 9.84 Å². The Morgan fingerprint density at radius 3 is 2.89 bits per heavy atom. The number of hydrogen-bond donors (Lipinski definition) is 2. The van der Waals surface area contributed by atoms with Crippen molar-refractivity contribution in [2.45, 2.75) is 25.4 Å². The minimum Gasteiger partial charge on any atom is -0.495 e. The Kier molecular flexibility index (Phi) is 4.27. The van der Waals surface area contributed by atoms with E-state index in [2.05, 4.69) is 17.1 Å². The van der Waals surface area contributed by atoms with Gasteiger partial charge in [0.1, 0.15) is 5.75 Å². The van der Waals surface area contributed by atoms with Crippen LogP contribution in [0.3, 0.4) is 0 Å². The van der Waals surface area contributed by atoms with Crippen molar-refractivity contribution >= 4 is 11.7 Å². The first-order valence-electron chi connectivity index (χ1n) is 6.46. The molecular weight excluding hydrogens is 244 g/mol. The summed E-state index contributed by atoms with van der Waals surface area (Å²) in [5.41, 5.74) is 1.02. The molecule has 2 rings (SSSR count). The fraction of sp³-hybridized carbons (Fsp3) is 0.500. The van der Waals surface area contributed by atoms with Gasteiger partial charge in [0.25, 0.3) is 0 Å². The molecule has 0 aromatic heterocycles. The number of para-hydroxylation sites is 2. The molecular formula is C14H20N2O3. The van der Waals surface area contributed by atoms with Gasteiger partial charge in [0.05, 0.1) is 19.2 Å². The first-order valence-corrected chi connectivity index (χ1v) is 6.46. The third kappa shape index (κ3) is 3.38. The molecule has 2 N–H and O–H groups in total. The van der Waals surface area contributed by atoms with Gasteiger partial charge in [-0.15, -0.1) is 0 Å². The molecule has 5 heteroatoms. The number of rotatable bonds is 4. The summed E-state index contributed by atoms with van der Waals surface area (Å²) in [4.78, 5) is 13.0. The summed E-state index contributed by atoms with van der Waals surface area (Å²) >= 11 is 0. The number of methoxy groups -OCH3 is 1. The molecule has 2 atom stereocenters. The molecule has 19 heavy (non-hydrogen) atoms. The maximum atomic E-state index is 10.9. The van der Waals surface area contributed by atoms with Crippen molar-refractivity contribution < 1.29 is 14.6 Å². The van der Waals surface area contributed by atoms with Crippen molar-refractivity contribution in [1.82, 2.24) is 5.32 Å². The number of ether oxygens (including phenoxy) is 1. The maximum Gasteiger partial charge on any atom is 0.304 e. The Morgan fingerprint density at radius 1 is 1.47 bits per heavy atom. The van der Waals surface area contributed by atoms with Crippen molar-refractivity contribution in [1.29, 1.82) is 0 Å². The van der Waals surface area contributed by atoms with Gasteiger partial charge in [0, 0.05) is 25.2 Å². The predicted octanol–water partition coefficient (Wildman–Crippen LogP) is 1.34. The fourth-order valence-electron chi connectivity index (χ4n) is 2.60. The summed E-state index contributed by atoms with van der Waals surface area (Å²) < 4.78 is 5.37. The van der Waals surface area contributed by atoms with Crippen molar-refractivity contribution in [2.24, 2.45) is 0 Å². The highest BCUT2D eigenvalue weighted by Crippen LogP contribution is 2.29. The van der Waals surface area contributed by atoms with Gasteiger partial charge in [-0.05, 0) is 19.1 Å². The Labute approximate surface area is 113 Å². The van der Waals surface area contributed by atoms with Gasteiger partial charge in [0.15, 0.2) is 0 Å². The number of anilines is 1. The largest absolute Gasteiger partial charge is 0.495 e. The second kappa shape index (κ2) is 5.93. The van der Waals surface area contributed by atoms with Crippen LogP contribution in [0.2, 0.25) is 0 Å². The molecule has 1 aromatic carbocycles. The van der Waals surface area contributed by atoms with Gasteiger partial charge in [-0.2, -0.15) is 0 Å². The van der Waals surface area contributed by atoms with E-state index in [0.29, 0.717) is 6.54 Å². The number of nitrogens with zero attached hydrogens (tertiary/aromatic N) is 1. The Balaban J connectivity index is 2.16. The number of carbonyl (C=O) groups is 1. The highest BCUT2D eigenvalue weighted by atomic mass is 16.5. The van der Waals surface area contributed by atoms with Crippen LogP contribution in [0.25, 0.3) is 0 Å². The van der Waals surface area contributed by atoms with Gasteiger partial charge in [-0.25, -0.2) is 0 Å². The lowest BCUT2D eigenvalue weighted by Crippen LogP contribution is -2.56. The number of carboxylic acids is 1. The molecule has 0 amide bonds. The van der Waals surface area contributed by atoms with Crippen LogP contribution in [-0.2, 0) is 4.79 Å². The number of piperazine rings is 1. The van der Waals surface area contributed by atoms with Gasteiger partial charge in [0.2, 0.25) is 0 Å². The zero-order valence-corrected chi connectivity index (χ0v) is 11.3. The third-order valence-electron chi connectivity index (χ3n) is 3.30. The number of hydrogen-bond acceptors (Lipinski definition) is 4. The van der Waals surface area contributed by atoms with Crippen LogP contribution in [0.1, 0.15) is 13.3 Å². The Morgan fingerprint density at radius 2 is 2.21 bits per heavy atom. The lowest BCUT2D eigenvalue weighted by molar-refractivity contribution is -0.137. The topological polar surface area (TPSA) is 61.8 Å². The molecule has 2 unspecified atom stereocenters. The molecule has 0 spiro atoms. The van der Waals surface area contributed by atoms with Crippen LogP contribution in [0.15, 0.2) is 24.3 Å². The summed E-state index contributed by atoms with van der Waals surface area (Å²) in [6, 6.07) is 8.05. The molecule has 5 nitrogen and oxygen atoms in total. The SMILES string of the molecule is COc1ccccc1N1CC(C)NC(CC(=O)O)C1. The van der Waals surface area contributed by atoms with Crippen molar-refractivity contribution in [3.63, 3.8) is 0 Å². The Bertz CT molecular complexity index is 450. The highest BCUT2D eigenvalue weighted by molar-refractivity contribution is 5.68. The van der Waals surface area contributed by atoms with Crippen LogP contribution in [-0.4, -0.2) is 43.4 Å². The first kappa shape index (κ1) is 13.7. The summed E-state index contributed by atoms with van der Waals surface area (Å²) in [6.07, 6.45) is 0.135. The minimum absolute atomic E-state index is 0.0360. The molecule has 1 fully saturated rings. The summed E-state index contributed by atoms with van der Waals surface area (Å²) in [6.45, 7) is 3.59. The van der Waals surface area contributed by atoms with Gasteiger partial charge in [-0.3, -0.25) is 4.79 Å². The van der Waals surface area contributed by atoms with Crippen LogP contribution < -0.4 is 15.0 Å². The van der Waals surface area contributed by atoms with E-state index in [9.17, 15) is 4.79 Å². The Hall–Kier alpha value is -1.75. The molecule has 0 bridgehead atoms. The molecule has 1 aromatic rings. The quantitative estimate of drug-likeness (QED) is 0.859. The zero-order valence-electron chi connectivity index (χ0n) is 11.3. The maximum absolute atomic E-state index is 10.9. The number of aliphatic carboxylic acids is 1. The predicted molar refractivity (Wildman–Crippen MR) is 73.8 cm³/mol. The number of benzene rings is 1. The lowest BCUT2D eigenvalue weighted by Gasteiger charge is -2.39. The normalized spacial score (nSPS) is 23.2. The van der Waals surface area contributed by atoms with Crippen LogP contribution in [0.5, 0.6) is 5.75 Å². The molecule has 0 saturated carbocycles. The highest BCUT2D eigenvalue weighted by Gasteiger charge is 2.26. The van der Waals surface area contributed by atoms with Crippen molar-refractivity contribution in [3.8, 4) is 5.75 Å². The summed E-state index contributed by atoms with van der Waals surface area (Å²) in [5.74, 6) is 0.0530. The van der Waals surface area contributed by atoms with E-state index in [0.717, 1.165) is 18.0 Å². The molecule has 0 aliphatic carbocycles. The molecule has 1 aliphatic rings. The average Bonchev–Trinajstić information content (AvgIpc) is 2.37. The minimum atomic E-state index is -0.772. The summed E-state index contributed by atoms with van der Waals surface area (Å²) in [7, 11) is 1.65. The van der Waals surface area contributed by atoms with Gasteiger partial charge >= 0.3 is 5.97 Å². The standard InChI is InChI=1S/C14H20N2O3/c1-10-8-16(9-11(15-10)7-14(17)18)12-5-3-4-6-13(12)19-2/h3-6,10-11,15H,7-9H2,1-2H3,(H,17,18). The zero-order chi connectivity index (χ0) is 13.8. The van der Waals surface area contributed by atoms with E-state index in [-0.39, 0.29) is 18.5 Å². The van der Waals surface area contributed by atoms with E-state index in [1.807, 2.05) is 24.3 Å². The van der Waals surface area contributed by atoms with Gasteiger partial charge in [-0.1, -0.05) is 12.1 Å². The van der Waals surface area contributed by atoms with E-state index in [1.54, 1.807) is 7.11 Å². The molecule has 104 valence electrons. The fourth-order valence-corrected chi connectivity index (χ4v) is 2.60. The van der Waals surface area contributed by atoms with Crippen LogP contribution in [0, 0.1) is 0 Å². The molecule has 0 radical (unpaired) electrons. The van der Waals surface area contributed by atoms with Crippen molar-refractivity contribution in [3.05, 3.63) is 24.3 Å². The lowest BCUT2D eigenvalue weighted by atomic mass is 10.1. The molecule has 1 heterocycles. The number of carboxylic acid groups (broad SMARTS) is 1.